The summed E-state index contributed by atoms with van der Waals surface area (Å²) >= 11 is 3.35. The van der Waals surface area contributed by atoms with E-state index in [0.29, 0.717) is 0 Å². The first-order valence-electron chi connectivity index (χ1n) is 5.71. The second-order valence-electron chi connectivity index (χ2n) is 4.56. The lowest BCUT2D eigenvalue weighted by atomic mass is 10.1. The van der Waals surface area contributed by atoms with Gasteiger partial charge in [0, 0.05) is 16.1 Å². The molecule has 1 amide bonds. The highest BCUT2D eigenvalue weighted by Crippen LogP contribution is 2.33. The molecule has 2 rings (SSSR count). The van der Waals surface area contributed by atoms with Gasteiger partial charge in [-0.1, -0.05) is 28.8 Å². The molecule has 0 aliphatic heterocycles. The predicted octanol–water partition coefficient (Wildman–Crippen LogP) is 3.37. The van der Waals surface area contributed by atoms with Crippen molar-refractivity contribution in [1.29, 1.82) is 0 Å². The number of halogens is 1. The van der Waals surface area contributed by atoms with Gasteiger partial charge < -0.3 is 5.32 Å². The standard InChI is InChI=1S/C13H16BrNO/c1-9(8-10-2-3-10)15-13(16)11-4-6-12(14)7-5-11/h4-7,9-10H,2-3,8H2,1H3,(H,15,16). The van der Waals surface area contributed by atoms with Crippen LogP contribution in [0.3, 0.4) is 0 Å². The van der Waals surface area contributed by atoms with Crippen molar-refractivity contribution in [1.82, 2.24) is 5.32 Å². The van der Waals surface area contributed by atoms with Gasteiger partial charge in [0.05, 0.1) is 0 Å². The summed E-state index contributed by atoms with van der Waals surface area (Å²) in [5, 5.41) is 3.03. The zero-order valence-corrected chi connectivity index (χ0v) is 11.0. The fourth-order valence-corrected chi connectivity index (χ4v) is 2.09. The third-order valence-corrected chi connectivity index (χ3v) is 3.40. The number of carbonyl (C=O) groups is 1. The molecule has 0 heterocycles. The SMILES string of the molecule is CC(CC1CC1)NC(=O)c1ccc(Br)cc1. The third kappa shape index (κ3) is 3.34. The number of hydrogen-bond donors (Lipinski definition) is 1. The summed E-state index contributed by atoms with van der Waals surface area (Å²) in [5.41, 5.74) is 0.728. The highest BCUT2D eigenvalue weighted by molar-refractivity contribution is 9.10. The monoisotopic (exact) mass is 281 g/mol. The maximum atomic E-state index is 11.8. The van der Waals surface area contributed by atoms with Crippen LogP contribution in [-0.2, 0) is 0 Å². The lowest BCUT2D eigenvalue weighted by Crippen LogP contribution is -2.32. The molecule has 1 unspecified atom stereocenters. The second kappa shape index (κ2) is 5.00. The molecule has 2 nitrogen and oxygen atoms in total. The first-order chi connectivity index (χ1) is 7.65. The van der Waals surface area contributed by atoms with Gasteiger partial charge in [0.2, 0.25) is 0 Å². The quantitative estimate of drug-likeness (QED) is 0.901. The van der Waals surface area contributed by atoms with Gasteiger partial charge >= 0.3 is 0 Å². The van der Waals surface area contributed by atoms with E-state index in [1.165, 1.54) is 12.8 Å². The molecule has 16 heavy (non-hydrogen) atoms. The van der Waals surface area contributed by atoms with Gasteiger partial charge in [0.15, 0.2) is 0 Å². The number of benzene rings is 1. The summed E-state index contributed by atoms with van der Waals surface area (Å²) in [6.45, 7) is 2.08. The first-order valence-corrected chi connectivity index (χ1v) is 6.51. The Kier molecular flexibility index (Phi) is 3.64. The fourth-order valence-electron chi connectivity index (χ4n) is 1.82. The van der Waals surface area contributed by atoms with Crippen LogP contribution in [0.15, 0.2) is 28.7 Å². The summed E-state index contributed by atoms with van der Waals surface area (Å²) in [4.78, 5) is 11.8. The summed E-state index contributed by atoms with van der Waals surface area (Å²) in [6, 6.07) is 7.73. The Bertz CT molecular complexity index is 370. The van der Waals surface area contributed by atoms with Crippen molar-refractivity contribution >= 4 is 21.8 Å². The molecule has 1 aliphatic carbocycles. The Morgan fingerprint density at radius 3 is 2.62 bits per heavy atom. The number of hydrogen-bond acceptors (Lipinski definition) is 1. The van der Waals surface area contributed by atoms with E-state index in [4.69, 9.17) is 0 Å². The maximum Gasteiger partial charge on any atom is 0.251 e. The molecule has 86 valence electrons. The van der Waals surface area contributed by atoms with Gasteiger partial charge in [-0.05, 0) is 43.5 Å². The number of nitrogens with one attached hydrogen (secondary N) is 1. The largest absolute Gasteiger partial charge is 0.350 e. The van der Waals surface area contributed by atoms with E-state index in [9.17, 15) is 4.79 Å². The van der Waals surface area contributed by atoms with Crippen molar-refractivity contribution in [2.45, 2.75) is 32.2 Å². The van der Waals surface area contributed by atoms with Crippen molar-refractivity contribution in [2.75, 3.05) is 0 Å². The van der Waals surface area contributed by atoms with Crippen LogP contribution in [-0.4, -0.2) is 11.9 Å². The summed E-state index contributed by atoms with van der Waals surface area (Å²) in [7, 11) is 0. The highest BCUT2D eigenvalue weighted by atomic mass is 79.9. The molecule has 1 fully saturated rings. The molecule has 1 aromatic rings. The average Bonchev–Trinajstić information content (AvgIpc) is 3.02. The van der Waals surface area contributed by atoms with Gasteiger partial charge in [-0.2, -0.15) is 0 Å². The normalized spacial score (nSPS) is 16.9. The van der Waals surface area contributed by atoms with Crippen LogP contribution in [0.5, 0.6) is 0 Å². The average molecular weight is 282 g/mol. The van der Waals surface area contributed by atoms with Crippen LogP contribution >= 0.6 is 15.9 Å². The van der Waals surface area contributed by atoms with Crippen LogP contribution in [0.4, 0.5) is 0 Å². The number of carbonyl (C=O) groups excluding carboxylic acids is 1. The Morgan fingerprint density at radius 2 is 2.06 bits per heavy atom. The minimum absolute atomic E-state index is 0.0284. The Labute approximate surface area is 105 Å². The van der Waals surface area contributed by atoms with E-state index in [1.54, 1.807) is 0 Å². The van der Waals surface area contributed by atoms with Crippen LogP contribution in [0.1, 0.15) is 36.5 Å². The van der Waals surface area contributed by atoms with E-state index in [2.05, 4.69) is 28.2 Å². The van der Waals surface area contributed by atoms with E-state index in [0.717, 1.165) is 22.4 Å². The summed E-state index contributed by atoms with van der Waals surface area (Å²) in [6.07, 6.45) is 3.78. The van der Waals surface area contributed by atoms with E-state index in [-0.39, 0.29) is 11.9 Å². The molecule has 0 radical (unpaired) electrons. The second-order valence-corrected chi connectivity index (χ2v) is 5.48. The lowest BCUT2D eigenvalue weighted by Gasteiger charge is -2.13. The molecule has 1 saturated carbocycles. The lowest BCUT2D eigenvalue weighted by molar-refractivity contribution is 0.0937. The summed E-state index contributed by atoms with van der Waals surface area (Å²) < 4.78 is 0.995. The zero-order chi connectivity index (χ0) is 11.5. The minimum atomic E-state index is 0.0284. The molecular weight excluding hydrogens is 266 g/mol. The number of amides is 1. The maximum absolute atomic E-state index is 11.8. The van der Waals surface area contributed by atoms with E-state index >= 15 is 0 Å². The van der Waals surface area contributed by atoms with Crippen molar-refractivity contribution in [3.63, 3.8) is 0 Å². The van der Waals surface area contributed by atoms with E-state index in [1.807, 2.05) is 24.3 Å². The molecular formula is C13H16BrNO. The predicted molar refractivity (Wildman–Crippen MR) is 68.4 cm³/mol. The molecule has 0 saturated heterocycles. The highest BCUT2D eigenvalue weighted by Gasteiger charge is 2.24. The molecule has 1 aromatic carbocycles. The van der Waals surface area contributed by atoms with Gasteiger partial charge in [-0.15, -0.1) is 0 Å². The molecule has 3 heteroatoms. The Morgan fingerprint density at radius 1 is 1.44 bits per heavy atom. The molecule has 0 spiro atoms. The van der Waals surface area contributed by atoms with Crippen molar-refractivity contribution in [3.05, 3.63) is 34.3 Å². The molecule has 1 atom stereocenters. The van der Waals surface area contributed by atoms with Crippen molar-refractivity contribution in [3.8, 4) is 0 Å². The van der Waals surface area contributed by atoms with Crippen LogP contribution in [0.25, 0.3) is 0 Å². The van der Waals surface area contributed by atoms with Gasteiger partial charge in [-0.25, -0.2) is 0 Å². The van der Waals surface area contributed by atoms with Crippen molar-refractivity contribution < 1.29 is 4.79 Å². The van der Waals surface area contributed by atoms with Gasteiger partial charge in [0.25, 0.3) is 5.91 Å². The minimum Gasteiger partial charge on any atom is -0.350 e. The zero-order valence-electron chi connectivity index (χ0n) is 9.37. The van der Waals surface area contributed by atoms with E-state index < -0.39 is 0 Å². The van der Waals surface area contributed by atoms with Gasteiger partial charge in [0.1, 0.15) is 0 Å². The first kappa shape index (κ1) is 11.6. The Balaban J connectivity index is 1.88. The molecule has 0 aromatic heterocycles. The summed E-state index contributed by atoms with van der Waals surface area (Å²) in [5.74, 6) is 0.876. The molecule has 1 aliphatic rings. The third-order valence-electron chi connectivity index (χ3n) is 2.87. The van der Waals surface area contributed by atoms with Crippen molar-refractivity contribution in [2.24, 2.45) is 5.92 Å². The fraction of sp³-hybridized carbons (Fsp3) is 0.462. The Hall–Kier alpha value is -0.830. The molecule has 1 N–H and O–H groups in total. The smallest absolute Gasteiger partial charge is 0.251 e. The topological polar surface area (TPSA) is 29.1 Å². The number of rotatable bonds is 4. The molecule has 0 bridgehead atoms. The van der Waals surface area contributed by atoms with Crippen LogP contribution < -0.4 is 5.32 Å². The van der Waals surface area contributed by atoms with Gasteiger partial charge in [-0.3, -0.25) is 4.79 Å². The van der Waals surface area contributed by atoms with Crippen LogP contribution in [0, 0.1) is 5.92 Å². The van der Waals surface area contributed by atoms with Crippen LogP contribution in [0.2, 0.25) is 0 Å².